The van der Waals surface area contributed by atoms with Crippen LogP contribution in [0.2, 0.25) is 0 Å². The molecule has 104 valence electrons. The molecule has 1 aliphatic heterocycles. The van der Waals surface area contributed by atoms with Crippen LogP contribution in [-0.2, 0) is 14.3 Å². The van der Waals surface area contributed by atoms with Gasteiger partial charge in [0.1, 0.15) is 11.6 Å². The van der Waals surface area contributed by atoms with Gasteiger partial charge in [0, 0.05) is 19.1 Å². The fourth-order valence-corrected chi connectivity index (χ4v) is 1.94. The maximum Gasteiger partial charge on any atom is 0.411 e. The maximum atomic E-state index is 12.0. The molecule has 0 aliphatic carbocycles. The van der Waals surface area contributed by atoms with Crippen molar-refractivity contribution in [3.8, 4) is 0 Å². The van der Waals surface area contributed by atoms with Gasteiger partial charge in [-0.05, 0) is 27.2 Å². The van der Waals surface area contributed by atoms with E-state index in [4.69, 9.17) is 9.84 Å². The fraction of sp³-hybridized carbons (Fsp3) is 0.833. The molecule has 6 heteroatoms. The van der Waals surface area contributed by atoms with E-state index in [2.05, 4.69) is 4.74 Å². The van der Waals surface area contributed by atoms with Gasteiger partial charge in [-0.2, -0.15) is 0 Å². The number of ether oxygens (including phenoxy) is 2. The second-order valence-corrected chi connectivity index (χ2v) is 5.46. The van der Waals surface area contributed by atoms with Crippen LogP contribution in [0.1, 0.15) is 27.2 Å². The highest BCUT2D eigenvalue weighted by Gasteiger charge is 2.41. The van der Waals surface area contributed by atoms with Gasteiger partial charge < -0.3 is 14.6 Å². The Kier molecular flexibility index (Phi) is 4.56. The molecule has 0 aromatic rings. The molecule has 1 aliphatic rings. The summed E-state index contributed by atoms with van der Waals surface area (Å²) in [5.74, 6) is -0.585. The largest absolute Gasteiger partial charge is 0.467 e. The minimum Gasteiger partial charge on any atom is -0.467 e. The number of carbonyl (C=O) groups excluding carboxylic acids is 2. The van der Waals surface area contributed by atoms with Crippen molar-refractivity contribution < 1.29 is 24.2 Å². The Labute approximate surface area is 107 Å². The number of rotatable bonds is 2. The van der Waals surface area contributed by atoms with Gasteiger partial charge in [0.2, 0.25) is 0 Å². The Hall–Kier alpha value is -1.30. The van der Waals surface area contributed by atoms with Crippen molar-refractivity contribution in [2.75, 3.05) is 20.3 Å². The lowest BCUT2D eigenvalue weighted by atomic mass is 10.1. The first kappa shape index (κ1) is 14.8. The number of likely N-dealkylation sites (tertiary alicyclic amines) is 1. The first-order valence-electron chi connectivity index (χ1n) is 5.96. The summed E-state index contributed by atoms with van der Waals surface area (Å²) in [4.78, 5) is 24.9. The van der Waals surface area contributed by atoms with Crippen LogP contribution in [0.4, 0.5) is 4.79 Å². The molecule has 18 heavy (non-hydrogen) atoms. The van der Waals surface area contributed by atoms with Gasteiger partial charge in [-0.1, -0.05) is 0 Å². The zero-order valence-corrected chi connectivity index (χ0v) is 11.3. The van der Waals surface area contributed by atoms with E-state index in [1.807, 2.05) is 0 Å². The quantitative estimate of drug-likeness (QED) is 0.741. The molecule has 1 rings (SSSR count). The van der Waals surface area contributed by atoms with Gasteiger partial charge in [0.25, 0.3) is 0 Å². The number of aliphatic hydroxyl groups is 1. The Morgan fingerprint density at radius 2 is 2.00 bits per heavy atom. The number of hydrogen-bond donors (Lipinski definition) is 1. The van der Waals surface area contributed by atoms with Gasteiger partial charge in [0.05, 0.1) is 7.11 Å². The molecule has 1 fully saturated rings. The fourth-order valence-electron chi connectivity index (χ4n) is 1.94. The van der Waals surface area contributed by atoms with Crippen LogP contribution in [0.5, 0.6) is 0 Å². The van der Waals surface area contributed by atoms with Crippen LogP contribution < -0.4 is 0 Å². The summed E-state index contributed by atoms with van der Waals surface area (Å²) in [6.45, 7) is 5.53. The standard InChI is InChI=1S/C12H21NO5/c1-12(2,3)18-11(16)13-6-8(7-14)5-9(13)10(15)17-4/h8-9,14H,5-7H2,1-4H3. The second kappa shape index (κ2) is 5.56. The summed E-state index contributed by atoms with van der Waals surface area (Å²) in [6.07, 6.45) is -0.142. The molecule has 1 N–H and O–H groups in total. The zero-order valence-electron chi connectivity index (χ0n) is 11.3. The molecule has 0 spiro atoms. The topological polar surface area (TPSA) is 76.1 Å². The first-order chi connectivity index (χ1) is 8.28. The predicted molar refractivity (Wildman–Crippen MR) is 63.9 cm³/mol. The number of hydrogen-bond acceptors (Lipinski definition) is 5. The molecule has 0 aromatic heterocycles. The summed E-state index contributed by atoms with van der Waals surface area (Å²) in [5, 5.41) is 9.14. The third-order valence-electron chi connectivity index (χ3n) is 2.75. The van der Waals surface area contributed by atoms with Crippen LogP contribution in [0.25, 0.3) is 0 Å². The maximum absolute atomic E-state index is 12.0. The lowest BCUT2D eigenvalue weighted by molar-refractivity contribution is -0.145. The minimum atomic E-state index is -0.665. The number of nitrogens with zero attached hydrogens (tertiary/aromatic N) is 1. The number of esters is 1. The van der Waals surface area contributed by atoms with Crippen molar-refractivity contribution >= 4 is 12.1 Å². The van der Waals surface area contributed by atoms with E-state index in [0.29, 0.717) is 13.0 Å². The van der Waals surface area contributed by atoms with Gasteiger partial charge in [0.15, 0.2) is 0 Å². The number of amides is 1. The van der Waals surface area contributed by atoms with Crippen LogP contribution in [0.3, 0.4) is 0 Å². The highest BCUT2D eigenvalue weighted by molar-refractivity contribution is 5.82. The van der Waals surface area contributed by atoms with E-state index in [1.54, 1.807) is 20.8 Å². The Balaban J connectivity index is 2.77. The molecule has 2 unspecified atom stereocenters. The summed E-state index contributed by atoms with van der Waals surface area (Å²) in [5.41, 5.74) is -0.616. The Bertz CT molecular complexity index is 323. The van der Waals surface area contributed by atoms with Crippen molar-refractivity contribution in [1.82, 2.24) is 4.90 Å². The van der Waals surface area contributed by atoms with Crippen molar-refractivity contribution in [3.05, 3.63) is 0 Å². The normalized spacial score (nSPS) is 23.9. The van der Waals surface area contributed by atoms with Crippen molar-refractivity contribution in [2.45, 2.75) is 38.8 Å². The molecule has 0 radical (unpaired) electrons. The van der Waals surface area contributed by atoms with Crippen molar-refractivity contribution in [3.63, 3.8) is 0 Å². The first-order valence-corrected chi connectivity index (χ1v) is 5.96. The van der Waals surface area contributed by atoms with Crippen molar-refractivity contribution in [2.24, 2.45) is 5.92 Å². The Morgan fingerprint density at radius 1 is 1.39 bits per heavy atom. The summed E-state index contributed by atoms with van der Waals surface area (Å²) in [7, 11) is 1.28. The number of carbonyl (C=O) groups is 2. The Morgan fingerprint density at radius 3 is 2.44 bits per heavy atom. The van der Waals surface area contributed by atoms with Crippen LogP contribution in [-0.4, -0.2) is 54.0 Å². The van der Waals surface area contributed by atoms with Gasteiger partial charge in [-0.15, -0.1) is 0 Å². The highest BCUT2D eigenvalue weighted by Crippen LogP contribution is 2.25. The summed E-state index contributed by atoms with van der Waals surface area (Å²) < 4.78 is 9.90. The zero-order chi connectivity index (χ0) is 13.9. The average Bonchev–Trinajstić information content (AvgIpc) is 2.69. The average molecular weight is 259 g/mol. The monoisotopic (exact) mass is 259 g/mol. The van der Waals surface area contributed by atoms with E-state index in [1.165, 1.54) is 12.0 Å². The van der Waals surface area contributed by atoms with Crippen LogP contribution in [0.15, 0.2) is 0 Å². The molecule has 0 bridgehead atoms. The molecule has 6 nitrogen and oxygen atoms in total. The van der Waals surface area contributed by atoms with E-state index in [9.17, 15) is 9.59 Å². The highest BCUT2D eigenvalue weighted by atomic mass is 16.6. The summed E-state index contributed by atoms with van der Waals surface area (Å²) in [6, 6.07) is -0.665. The summed E-state index contributed by atoms with van der Waals surface area (Å²) >= 11 is 0. The molecule has 1 saturated heterocycles. The van der Waals surface area contributed by atoms with E-state index >= 15 is 0 Å². The lowest BCUT2D eigenvalue weighted by Gasteiger charge is -2.27. The van der Waals surface area contributed by atoms with Crippen molar-refractivity contribution in [1.29, 1.82) is 0 Å². The molecule has 1 heterocycles. The lowest BCUT2D eigenvalue weighted by Crippen LogP contribution is -2.43. The third kappa shape index (κ3) is 3.60. The molecular weight excluding hydrogens is 238 g/mol. The molecule has 0 aromatic carbocycles. The number of methoxy groups -OCH3 is 1. The van der Waals surface area contributed by atoms with E-state index < -0.39 is 23.7 Å². The molecule has 2 atom stereocenters. The van der Waals surface area contributed by atoms with Crippen LogP contribution in [0, 0.1) is 5.92 Å². The number of aliphatic hydroxyl groups excluding tert-OH is 1. The van der Waals surface area contributed by atoms with Gasteiger partial charge >= 0.3 is 12.1 Å². The predicted octanol–water partition coefficient (Wildman–Crippen LogP) is 0.777. The van der Waals surface area contributed by atoms with Gasteiger partial charge in [-0.3, -0.25) is 4.90 Å². The molecule has 0 saturated carbocycles. The minimum absolute atomic E-state index is 0.0627. The van der Waals surface area contributed by atoms with E-state index in [-0.39, 0.29) is 12.5 Å². The van der Waals surface area contributed by atoms with Crippen LogP contribution >= 0.6 is 0 Å². The SMILES string of the molecule is COC(=O)C1CC(CO)CN1C(=O)OC(C)(C)C. The molecule has 1 amide bonds. The van der Waals surface area contributed by atoms with E-state index in [0.717, 1.165) is 0 Å². The third-order valence-corrected chi connectivity index (χ3v) is 2.75. The second-order valence-electron chi connectivity index (χ2n) is 5.46. The molecular formula is C12H21NO5. The van der Waals surface area contributed by atoms with Gasteiger partial charge in [-0.25, -0.2) is 9.59 Å². The smallest absolute Gasteiger partial charge is 0.411 e.